The Labute approximate surface area is 127 Å². The third-order valence-corrected chi connectivity index (χ3v) is 2.81. The maximum Gasteiger partial charge on any atom is 0.322 e. The van der Waals surface area contributed by atoms with Gasteiger partial charge in [-0.1, -0.05) is 6.07 Å². The first-order valence-corrected chi connectivity index (χ1v) is 6.66. The van der Waals surface area contributed by atoms with E-state index in [1.165, 1.54) is 6.07 Å². The normalized spacial score (nSPS) is 14.3. The first-order chi connectivity index (χ1) is 10.0. The van der Waals surface area contributed by atoms with Crippen molar-refractivity contribution in [1.82, 2.24) is 0 Å². The molecule has 0 fully saturated rings. The van der Waals surface area contributed by atoms with Gasteiger partial charge in [0.2, 0.25) is 0 Å². The Hall–Kier alpha value is -2.02. The second-order valence-electron chi connectivity index (χ2n) is 5.97. The topological polar surface area (TPSA) is 89.6 Å². The van der Waals surface area contributed by atoms with Crippen LogP contribution in [-0.4, -0.2) is 28.7 Å². The average molecular weight is 315 g/mol. The summed E-state index contributed by atoms with van der Waals surface area (Å²) in [4.78, 5) is 23.2. The Balaban J connectivity index is 2.89. The molecule has 3 N–H and O–H groups in total. The molecule has 22 heavy (non-hydrogen) atoms. The highest BCUT2D eigenvalue weighted by molar-refractivity contribution is 5.95. The number of nitrogens with two attached hydrogens (primary N) is 1. The third kappa shape index (κ3) is 5.07. The number of rotatable bonds is 5. The summed E-state index contributed by atoms with van der Waals surface area (Å²) >= 11 is 0. The number of carbonyl (C=O) groups is 2. The molecule has 0 unspecified atom stereocenters. The highest BCUT2D eigenvalue weighted by atomic mass is 19.2. The molecule has 7 heteroatoms. The van der Waals surface area contributed by atoms with Crippen LogP contribution >= 0.6 is 0 Å². The molecule has 2 atom stereocenters. The number of carboxylic acid groups (broad SMARTS) is 1. The Bertz CT molecular complexity index is 569. The lowest BCUT2D eigenvalue weighted by Gasteiger charge is -2.25. The first-order valence-electron chi connectivity index (χ1n) is 6.66. The van der Waals surface area contributed by atoms with Gasteiger partial charge in [-0.3, -0.25) is 9.59 Å². The first kappa shape index (κ1) is 18.0. The Kier molecular flexibility index (Phi) is 5.59. The van der Waals surface area contributed by atoms with Crippen molar-refractivity contribution in [1.29, 1.82) is 0 Å². The third-order valence-electron chi connectivity index (χ3n) is 2.81. The van der Waals surface area contributed by atoms with Gasteiger partial charge >= 0.3 is 11.9 Å². The fourth-order valence-corrected chi connectivity index (χ4v) is 1.88. The summed E-state index contributed by atoms with van der Waals surface area (Å²) in [5.41, 5.74) is 5.20. The van der Waals surface area contributed by atoms with Crippen LogP contribution in [-0.2, 0) is 20.7 Å². The summed E-state index contributed by atoms with van der Waals surface area (Å²) < 4.78 is 31.0. The smallest absolute Gasteiger partial charge is 0.322 e. The van der Waals surface area contributed by atoms with Gasteiger partial charge in [0.25, 0.3) is 0 Å². The molecule has 1 rings (SSSR count). The summed E-state index contributed by atoms with van der Waals surface area (Å²) in [6.45, 7) is 4.81. The van der Waals surface area contributed by atoms with E-state index in [2.05, 4.69) is 0 Å². The lowest BCUT2D eigenvalue weighted by molar-refractivity contribution is -0.167. The van der Waals surface area contributed by atoms with Crippen LogP contribution in [0.5, 0.6) is 0 Å². The van der Waals surface area contributed by atoms with Crippen molar-refractivity contribution in [3.8, 4) is 0 Å². The number of halogens is 2. The SMILES string of the molecule is CC(C)(C)OC(=O)[C@H](C(=O)O)[C@@H](N)Cc1ccc(F)c(F)c1. The standard InChI is InChI=1S/C15H19F2NO4/c1-15(2,3)22-14(21)12(13(19)20)11(18)7-8-4-5-9(16)10(17)6-8/h4-6,11-12H,7,18H2,1-3H3,(H,19,20)/t11-,12-/m0/s1. The van der Waals surface area contributed by atoms with Gasteiger partial charge in [-0.25, -0.2) is 8.78 Å². The predicted molar refractivity (Wildman–Crippen MR) is 75.0 cm³/mol. The number of esters is 1. The molecular formula is C15H19F2NO4. The molecule has 0 radical (unpaired) electrons. The predicted octanol–water partition coefficient (Wildman–Crippen LogP) is 1.88. The van der Waals surface area contributed by atoms with Crippen LogP contribution in [0.25, 0.3) is 0 Å². The Morgan fingerprint density at radius 1 is 1.27 bits per heavy atom. The molecule has 0 aliphatic heterocycles. The van der Waals surface area contributed by atoms with Crippen molar-refractivity contribution < 1.29 is 28.2 Å². The number of hydrogen-bond donors (Lipinski definition) is 2. The van der Waals surface area contributed by atoms with Gasteiger partial charge in [0.1, 0.15) is 5.60 Å². The second-order valence-corrected chi connectivity index (χ2v) is 5.97. The number of benzene rings is 1. The molecule has 1 aromatic rings. The summed E-state index contributed by atoms with van der Waals surface area (Å²) in [7, 11) is 0. The van der Waals surface area contributed by atoms with Crippen LogP contribution in [0.4, 0.5) is 8.78 Å². The van der Waals surface area contributed by atoms with E-state index in [-0.39, 0.29) is 6.42 Å². The van der Waals surface area contributed by atoms with Crippen molar-refractivity contribution in [2.24, 2.45) is 11.7 Å². The van der Waals surface area contributed by atoms with Crippen LogP contribution < -0.4 is 5.73 Å². The molecule has 0 aliphatic rings. The van der Waals surface area contributed by atoms with Crippen molar-refractivity contribution in [2.75, 3.05) is 0 Å². The molecule has 0 bridgehead atoms. The lowest BCUT2D eigenvalue weighted by atomic mass is 9.94. The zero-order valence-corrected chi connectivity index (χ0v) is 12.6. The largest absolute Gasteiger partial charge is 0.481 e. The molecule has 0 saturated heterocycles. The van der Waals surface area contributed by atoms with Crippen molar-refractivity contribution in [3.05, 3.63) is 35.4 Å². The van der Waals surface area contributed by atoms with E-state index < -0.39 is 41.1 Å². The molecule has 0 aliphatic carbocycles. The molecular weight excluding hydrogens is 296 g/mol. The molecule has 0 aromatic heterocycles. The van der Waals surface area contributed by atoms with Gasteiger partial charge in [0.05, 0.1) is 0 Å². The van der Waals surface area contributed by atoms with Gasteiger partial charge < -0.3 is 15.6 Å². The van der Waals surface area contributed by atoms with E-state index in [4.69, 9.17) is 10.5 Å². The van der Waals surface area contributed by atoms with Crippen LogP contribution in [0.2, 0.25) is 0 Å². The summed E-state index contributed by atoms with van der Waals surface area (Å²) in [6, 6.07) is 1.99. The van der Waals surface area contributed by atoms with Crippen molar-refractivity contribution in [2.45, 2.75) is 38.8 Å². The zero-order chi connectivity index (χ0) is 17.1. The zero-order valence-electron chi connectivity index (χ0n) is 12.6. The van der Waals surface area contributed by atoms with Gasteiger partial charge in [-0.15, -0.1) is 0 Å². The number of carbonyl (C=O) groups excluding carboxylic acids is 1. The number of hydrogen-bond acceptors (Lipinski definition) is 4. The van der Waals surface area contributed by atoms with E-state index in [9.17, 15) is 23.5 Å². The van der Waals surface area contributed by atoms with Crippen LogP contribution in [0.15, 0.2) is 18.2 Å². The maximum absolute atomic E-state index is 13.1. The minimum absolute atomic E-state index is 0.104. The van der Waals surface area contributed by atoms with Gasteiger partial charge in [0, 0.05) is 6.04 Å². The molecule has 5 nitrogen and oxygen atoms in total. The fraction of sp³-hybridized carbons (Fsp3) is 0.467. The molecule has 0 amide bonds. The molecule has 0 saturated carbocycles. The van der Waals surface area contributed by atoms with E-state index >= 15 is 0 Å². The van der Waals surface area contributed by atoms with Crippen LogP contribution in [0, 0.1) is 17.6 Å². The highest BCUT2D eigenvalue weighted by Crippen LogP contribution is 2.17. The lowest BCUT2D eigenvalue weighted by Crippen LogP contribution is -2.45. The van der Waals surface area contributed by atoms with Gasteiger partial charge in [-0.05, 0) is 44.9 Å². The molecule has 122 valence electrons. The van der Waals surface area contributed by atoms with E-state index in [1.54, 1.807) is 20.8 Å². The number of carboxylic acids is 1. The monoisotopic (exact) mass is 315 g/mol. The second kappa shape index (κ2) is 6.83. The minimum Gasteiger partial charge on any atom is -0.481 e. The fourth-order valence-electron chi connectivity index (χ4n) is 1.88. The highest BCUT2D eigenvalue weighted by Gasteiger charge is 2.36. The van der Waals surface area contributed by atoms with E-state index in [0.29, 0.717) is 5.56 Å². The van der Waals surface area contributed by atoms with Crippen LogP contribution in [0.1, 0.15) is 26.3 Å². The van der Waals surface area contributed by atoms with Crippen molar-refractivity contribution >= 4 is 11.9 Å². The summed E-state index contributed by atoms with van der Waals surface area (Å²) in [6.07, 6.45) is -0.104. The number of aliphatic carboxylic acids is 1. The summed E-state index contributed by atoms with van der Waals surface area (Å²) in [5.74, 6) is -6.06. The van der Waals surface area contributed by atoms with E-state index in [1.807, 2.05) is 0 Å². The summed E-state index contributed by atoms with van der Waals surface area (Å²) in [5, 5.41) is 9.17. The number of ether oxygens (including phenoxy) is 1. The van der Waals surface area contributed by atoms with Gasteiger partial charge in [0.15, 0.2) is 17.6 Å². The average Bonchev–Trinajstić information content (AvgIpc) is 2.31. The quantitative estimate of drug-likeness (QED) is 0.639. The molecule has 0 spiro atoms. The Morgan fingerprint density at radius 2 is 1.86 bits per heavy atom. The van der Waals surface area contributed by atoms with Gasteiger partial charge in [-0.2, -0.15) is 0 Å². The van der Waals surface area contributed by atoms with Crippen molar-refractivity contribution in [3.63, 3.8) is 0 Å². The molecule has 0 heterocycles. The molecule has 1 aromatic carbocycles. The maximum atomic E-state index is 13.1. The minimum atomic E-state index is -1.59. The Morgan fingerprint density at radius 3 is 2.32 bits per heavy atom. The van der Waals surface area contributed by atoms with E-state index in [0.717, 1.165) is 12.1 Å². The van der Waals surface area contributed by atoms with Crippen LogP contribution in [0.3, 0.4) is 0 Å².